The molecule has 1 aliphatic carbocycles. The maximum Gasteiger partial charge on any atom is 0.304 e. The van der Waals surface area contributed by atoms with Crippen molar-refractivity contribution in [1.82, 2.24) is 0 Å². The van der Waals surface area contributed by atoms with Gasteiger partial charge in [0.2, 0.25) is 0 Å². The van der Waals surface area contributed by atoms with Gasteiger partial charge in [-0.1, -0.05) is 19.8 Å². The van der Waals surface area contributed by atoms with Gasteiger partial charge in [0.25, 0.3) is 0 Å². The van der Waals surface area contributed by atoms with Crippen LogP contribution >= 0.6 is 0 Å². The lowest BCUT2D eigenvalue weighted by Gasteiger charge is -2.49. The number of carbonyl (C=O) groups excluding carboxylic acids is 1. The van der Waals surface area contributed by atoms with Crippen LogP contribution < -0.4 is 0 Å². The van der Waals surface area contributed by atoms with Crippen LogP contribution in [0.1, 0.15) is 40.0 Å². The first-order chi connectivity index (χ1) is 7.44. The van der Waals surface area contributed by atoms with Crippen LogP contribution in [0.3, 0.4) is 0 Å². The third-order valence-corrected chi connectivity index (χ3v) is 3.46. The van der Waals surface area contributed by atoms with Crippen molar-refractivity contribution < 1.29 is 9.53 Å². The smallest absolute Gasteiger partial charge is 0.304 e. The second-order valence-electron chi connectivity index (χ2n) is 4.68. The predicted octanol–water partition coefficient (Wildman–Crippen LogP) is 2.27. The molecule has 1 rings (SSSR count). The third kappa shape index (κ3) is 1.57. The largest absolute Gasteiger partial charge is 0.444 e. The molecule has 3 nitrogen and oxygen atoms in total. The summed E-state index contributed by atoms with van der Waals surface area (Å²) in [6.07, 6.45) is 7.93. The average molecular weight is 219 g/mol. The molecule has 0 N–H and O–H groups in total. The molecule has 1 atom stereocenters. The number of ether oxygens (including phenoxy) is 1. The molecular formula is C13H17NO2. The second kappa shape index (κ2) is 4.18. The monoisotopic (exact) mass is 219 g/mol. The Morgan fingerprint density at radius 3 is 2.31 bits per heavy atom. The fourth-order valence-corrected chi connectivity index (χ4v) is 2.43. The van der Waals surface area contributed by atoms with Crippen LogP contribution in [0.4, 0.5) is 0 Å². The van der Waals surface area contributed by atoms with Crippen LogP contribution in [-0.4, -0.2) is 11.6 Å². The van der Waals surface area contributed by atoms with Gasteiger partial charge in [0, 0.05) is 12.8 Å². The van der Waals surface area contributed by atoms with Gasteiger partial charge in [0.05, 0.1) is 6.07 Å². The Balaban J connectivity index is 3.18. The second-order valence-corrected chi connectivity index (χ2v) is 4.68. The normalized spacial score (nSPS) is 21.1. The maximum atomic E-state index is 11.2. The van der Waals surface area contributed by atoms with Crippen LogP contribution in [0.2, 0.25) is 0 Å². The van der Waals surface area contributed by atoms with E-state index in [1.807, 2.05) is 13.8 Å². The van der Waals surface area contributed by atoms with Gasteiger partial charge >= 0.3 is 5.97 Å². The van der Waals surface area contributed by atoms with Crippen molar-refractivity contribution in [2.75, 3.05) is 0 Å². The number of terminal acetylenes is 1. The van der Waals surface area contributed by atoms with Crippen molar-refractivity contribution >= 4 is 5.97 Å². The van der Waals surface area contributed by atoms with E-state index in [9.17, 15) is 10.1 Å². The first-order valence-electron chi connectivity index (χ1n) is 5.53. The Morgan fingerprint density at radius 1 is 1.56 bits per heavy atom. The summed E-state index contributed by atoms with van der Waals surface area (Å²) in [5.74, 6) is 2.08. The molecule has 16 heavy (non-hydrogen) atoms. The van der Waals surface area contributed by atoms with E-state index in [1.54, 1.807) is 0 Å². The Morgan fingerprint density at radius 2 is 2.12 bits per heavy atom. The minimum Gasteiger partial charge on any atom is -0.444 e. The first-order valence-corrected chi connectivity index (χ1v) is 5.53. The molecule has 0 heterocycles. The first kappa shape index (κ1) is 12.6. The molecule has 0 radical (unpaired) electrons. The highest BCUT2D eigenvalue weighted by Gasteiger charge is 2.59. The van der Waals surface area contributed by atoms with Crippen molar-refractivity contribution in [3.8, 4) is 18.4 Å². The zero-order valence-corrected chi connectivity index (χ0v) is 10.0. The van der Waals surface area contributed by atoms with Crippen LogP contribution in [0.25, 0.3) is 0 Å². The molecule has 1 saturated carbocycles. The molecule has 0 saturated heterocycles. The molecule has 3 heteroatoms. The number of nitrogens with zero attached hydrogens (tertiary/aromatic N) is 1. The van der Waals surface area contributed by atoms with E-state index in [-0.39, 0.29) is 5.92 Å². The third-order valence-electron chi connectivity index (χ3n) is 3.46. The fourth-order valence-electron chi connectivity index (χ4n) is 2.43. The summed E-state index contributed by atoms with van der Waals surface area (Å²) < 4.78 is 5.35. The van der Waals surface area contributed by atoms with Gasteiger partial charge < -0.3 is 4.74 Å². The van der Waals surface area contributed by atoms with E-state index < -0.39 is 17.0 Å². The zero-order chi connectivity index (χ0) is 12.4. The van der Waals surface area contributed by atoms with Crippen molar-refractivity contribution in [2.45, 2.75) is 45.6 Å². The number of hydrogen-bond donors (Lipinski definition) is 0. The highest BCUT2D eigenvalue weighted by atomic mass is 16.6. The fraction of sp³-hybridized carbons (Fsp3) is 0.692. The molecule has 0 aromatic heterocycles. The van der Waals surface area contributed by atoms with Crippen LogP contribution in [0, 0.1) is 35.0 Å². The zero-order valence-electron chi connectivity index (χ0n) is 10.0. The summed E-state index contributed by atoms with van der Waals surface area (Å²) in [4.78, 5) is 11.2. The van der Waals surface area contributed by atoms with Gasteiger partial charge in [-0.05, 0) is 19.3 Å². The average Bonchev–Trinajstić information content (AvgIpc) is 2.14. The van der Waals surface area contributed by atoms with Crippen molar-refractivity contribution in [3.05, 3.63) is 0 Å². The standard InChI is InChI=1S/C13H17NO2/c1-5-13(10(2)3,16-11(4)15)12(9-14)7-6-8-12/h1,10H,6-8H2,2-4H3/t13-/m1/s1. The SMILES string of the molecule is C#C[C@@](OC(C)=O)(C(C)C)C1(C#N)CCC1. The van der Waals surface area contributed by atoms with Gasteiger partial charge in [-0.25, -0.2) is 0 Å². The molecule has 0 amide bonds. The van der Waals surface area contributed by atoms with Crippen molar-refractivity contribution in [1.29, 1.82) is 5.26 Å². The molecule has 0 aromatic carbocycles. The summed E-state index contributed by atoms with van der Waals surface area (Å²) in [6, 6.07) is 2.27. The van der Waals surface area contributed by atoms with Gasteiger partial charge in [0.1, 0.15) is 5.41 Å². The highest BCUT2D eigenvalue weighted by molar-refractivity contribution is 5.67. The van der Waals surface area contributed by atoms with Gasteiger partial charge in [0.15, 0.2) is 5.60 Å². The lowest BCUT2D eigenvalue weighted by molar-refractivity contribution is -0.173. The summed E-state index contributed by atoms with van der Waals surface area (Å²) in [5.41, 5.74) is -1.77. The van der Waals surface area contributed by atoms with E-state index in [4.69, 9.17) is 11.2 Å². The molecule has 0 spiro atoms. The Kier molecular flexibility index (Phi) is 3.29. The number of esters is 1. The number of carbonyl (C=O) groups is 1. The maximum absolute atomic E-state index is 11.2. The quantitative estimate of drug-likeness (QED) is 0.540. The van der Waals surface area contributed by atoms with E-state index >= 15 is 0 Å². The van der Waals surface area contributed by atoms with E-state index in [2.05, 4.69) is 12.0 Å². The Labute approximate surface area is 96.8 Å². The topological polar surface area (TPSA) is 50.1 Å². The molecule has 1 aliphatic rings. The molecule has 0 unspecified atom stereocenters. The summed E-state index contributed by atoms with van der Waals surface area (Å²) in [6.45, 7) is 5.11. The van der Waals surface area contributed by atoms with Gasteiger partial charge in [-0.2, -0.15) is 5.26 Å². The van der Waals surface area contributed by atoms with Crippen LogP contribution in [0.5, 0.6) is 0 Å². The lowest BCUT2D eigenvalue weighted by Crippen LogP contribution is -2.56. The minimum absolute atomic E-state index is 0.0682. The Bertz CT molecular complexity index is 368. The molecule has 86 valence electrons. The van der Waals surface area contributed by atoms with E-state index in [0.717, 1.165) is 6.42 Å². The van der Waals surface area contributed by atoms with E-state index in [1.165, 1.54) is 6.92 Å². The lowest BCUT2D eigenvalue weighted by atomic mass is 9.56. The summed E-state index contributed by atoms with van der Waals surface area (Å²) >= 11 is 0. The van der Waals surface area contributed by atoms with Crippen molar-refractivity contribution in [2.24, 2.45) is 11.3 Å². The summed E-state index contributed by atoms with van der Waals surface area (Å²) in [7, 11) is 0. The minimum atomic E-state index is -1.08. The highest BCUT2D eigenvalue weighted by Crippen LogP contribution is 2.53. The summed E-state index contributed by atoms with van der Waals surface area (Å²) in [5, 5.41) is 9.33. The van der Waals surface area contributed by atoms with Crippen LogP contribution in [-0.2, 0) is 9.53 Å². The molecule has 0 aromatic rings. The number of nitriles is 1. The van der Waals surface area contributed by atoms with E-state index in [0.29, 0.717) is 12.8 Å². The molecule has 1 fully saturated rings. The Hall–Kier alpha value is -1.48. The molecular weight excluding hydrogens is 202 g/mol. The van der Waals surface area contributed by atoms with Gasteiger partial charge in [-0.3, -0.25) is 4.79 Å². The molecule has 0 bridgehead atoms. The number of rotatable bonds is 3. The number of hydrogen-bond acceptors (Lipinski definition) is 3. The molecule has 0 aliphatic heterocycles. The van der Waals surface area contributed by atoms with Crippen LogP contribution in [0.15, 0.2) is 0 Å². The van der Waals surface area contributed by atoms with Crippen molar-refractivity contribution in [3.63, 3.8) is 0 Å². The predicted molar refractivity (Wildman–Crippen MR) is 60.1 cm³/mol. The van der Waals surface area contributed by atoms with Gasteiger partial charge in [-0.15, -0.1) is 6.42 Å².